The zero-order valence-electron chi connectivity index (χ0n) is 12.9. The third kappa shape index (κ3) is 4.45. The molecule has 22 heavy (non-hydrogen) atoms. The Morgan fingerprint density at radius 3 is 2.45 bits per heavy atom. The van der Waals surface area contributed by atoms with Crippen molar-refractivity contribution in [3.8, 4) is 0 Å². The normalized spacial score (nSPS) is 16.6. The molecule has 5 nitrogen and oxygen atoms in total. The summed E-state index contributed by atoms with van der Waals surface area (Å²) in [6, 6.07) is 9.37. The molecule has 122 valence electrons. The summed E-state index contributed by atoms with van der Waals surface area (Å²) < 4.78 is 4.84. The van der Waals surface area contributed by atoms with Crippen molar-refractivity contribution in [2.45, 2.75) is 12.8 Å². The van der Waals surface area contributed by atoms with Crippen LogP contribution in [0.15, 0.2) is 30.3 Å². The van der Waals surface area contributed by atoms with Crippen LogP contribution in [0.25, 0.3) is 0 Å². The quantitative estimate of drug-likeness (QED) is 0.774. The van der Waals surface area contributed by atoms with Crippen LogP contribution in [0.5, 0.6) is 0 Å². The van der Waals surface area contributed by atoms with Gasteiger partial charge in [0.15, 0.2) is 0 Å². The van der Waals surface area contributed by atoms with Crippen LogP contribution >= 0.6 is 12.4 Å². The van der Waals surface area contributed by atoms with Crippen molar-refractivity contribution < 1.29 is 14.3 Å². The van der Waals surface area contributed by atoms with Gasteiger partial charge in [0.05, 0.1) is 13.0 Å². The van der Waals surface area contributed by atoms with E-state index in [-0.39, 0.29) is 36.7 Å². The van der Waals surface area contributed by atoms with Gasteiger partial charge in [0.1, 0.15) is 0 Å². The van der Waals surface area contributed by atoms with Crippen molar-refractivity contribution in [2.24, 2.45) is 11.8 Å². The Kier molecular flexibility index (Phi) is 7.35. The number of carbonyl (C=O) groups is 2. The molecule has 1 aliphatic heterocycles. The number of carbonyl (C=O) groups excluding carboxylic acids is 2. The summed E-state index contributed by atoms with van der Waals surface area (Å²) in [5.74, 6) is -0.462. The van der Waals surface area contributed by atoms with E-state index in [0.29, 0.717) is 5.92 Å². The van der Waals surface area contributed by atoms with Gasteiger partial charge >= 0.3 is 5.97 Å². The second-order valence-corrected chi connectivity index (χ2v) is 5.44. The maximum absolute atomic E-state index is 12.1. The molecule has 6 heteroatoms. The molecular formula is C16H23ClN2O3. The van der Waals surface area contributed by atoms with E-state index < -0.39 is 5.92 Å². The largest absolute Gasteiger partial charge is 0.468 e. The standard InChI is InChI=1S/C16H22N2O3.ClH/c1-11(13-8-17-9-13)15(19)18-10-14(16(20)21-2)12-6-4-3-5-7-12;/h3-7,11,13-14,17H,8-10H2,1-2H3,(H,18,19);1H. The van der Waals surface area contributed by atoms with Crippen molar-refractivity contribution in [3.63, 3.8) is 0 Å². The topological polar surface area (TPSA) is 67.4 Å². The lowest BCUT2D eigenvalue weighted by Gasteiger charge is -2.32. The molecule has 2 unspecified atom stereocenters. The van der Waals surface area contributed by atoms with Crippen LogP contribution < -0.4 is 10.6 Å². The highest BCUT2D eigenvalue weighted by Crippen LogP contribution is 2.18. The maximum Gasteiger partial charge on any atom is 0.314 e. The number of hydrogen-bond acceptors (Lipinski definition) is 4. The van der Waals surface area contributed by atoms with Crippen LogP contribution in [0.3, 0.4) is 0 Å². The molecule has 0 saturated carbocycles. The van der Waals surface area contributed by atoms with Crippen LogP contribution in [0, 0.1) is 11.8 Å². The maximum atomic E-state index is 12.1. The monoisotopic (exact) mass is 326 g/mol. The molecule has 1 aromatic rings. The van der Waals surface area contributed by atoms with E-state index in [1.54, 1.807) is 0 Å². The minimum atomic E-state index is -0.466. The number of benzene rings is 1. The molecule has 1 aromatic carbocycles. The molecular weight excluding hydrogens is 304 g/mol. The number of halogens is 1. The molecule has 1 fully saturated rings. The molecule has 0 aromatic heterocycles. The number of hydrogen-bond donors (Lipinski definition) is 2. The third-order valence-corrected chi connectivity index (χ3v) is 4.10. The van der Waals surface area contributed by atoms with Gasteiger partial charge in [0.25, 0.3) is 0 Å². The molecule has 2 N–H and O–H groups in total. The fraction of sp³-hybridized carbons (Fsp3) is 0.500. The fourth-order valence-corrected chi connectivity index (χ4v) is 2.41. The molecule has 0 spiro atoms. The molecule has 0 aliphatic carbocycles. The highest BCUT2D eigenvalue weighted by molar-refractivity contribution is 5.85. The second kappa shape index (κ2) is 8.76. The summed E-state index contributed by atoms with van der Waals surface area (Å²) >= 11 is 0. The van der Waals surface area contributed by atoms with Gasteiger partial charge < -0.3 is 15.4 Å². The number of methoxy groups -OCH3 is 1. The molecule has 1 saturated heterocycles. The van der Waals surface area contributed by atoms with Crippen LogP contribution in [-0.2, 0) is 14.3 Å². The lowest BCUT2D eigenvalue weighted by atomic mass is 9.88. The number of ether oxygens (including phenoxy) is 1. The van der Waals surface area contributed by atoms with Crippen LogP contribution in [0.4, 0.5) is 0 Å². The molecule has 1 amide bonds. The number of nitrogens with one attached hydrogen (secondary N) is 2. The predicted molar refractivity (Wildman–Crippen MR) is 87.0 cm³/mol. The van der Waals surface area contributed by atoms with Crippen LogP contribution in [-0.4, -0.2) is 38.6 Å². The first-order chi connectivity index (χ1) is 10.1. The molecule has 2 rings (SSSR count). The average Bonchev–Trinajstić information content (AvgIpc) is 2.46. The Balaban J connectivity index is 0.00000242. The van der Waals surface area contributed by atoms with Gasteiger partial charge in [0, 0.05) is 12.5 Å². The van der Waals surface area contributed by atoms with Gasteiger partial charge in [-0.15, -0.1) is 12.4 Å². The van der Waals surface area contributed by atoms with Crippen molar-refractivity contribution in [1.29, 1.82) is 0 Å². The van der Waals surface area contributed by atoms with E-state index in [1.807, 2.05) is 37.3 Å². The number of rotatable bonds is 6. The average molecular weight is 327 g/mol. The van der Waals surface area contributed by atoms with Crippen LogP contribution in [0.2, 0.25) is 0 Å². The Hall–Kier alpha value is -1.59. The van der Waals surface area contributed by atoms with E-state index >= 15 is 0 Å². The number of amides is 1. The number of esters is 1. The van der Waals surface area contributed by atoms with Crippen LogP contribution in [0.1, 0.15) is 18.4 Å². The summed E-state index contributed by atoms with van der Waals surface area (Å²) in [6.45, 7) is 3.96. The van der Waals surface area contributed by atoms with Crippen molar-refractivity contribution in [3.05, 3.63) is 35.9 Å². The SMILES string of the molecule is COC(=O)C(CNC(=O)C(C)C1CNC1)c1ccccc1.Cl. The van der Waals surface area contributed by atoms with E-state index in [4.69, 9.17) is 4.74 Å². The van der Waals surface area contributed by atoms with Gasteiger partial charge in [-0.2, -0.15) is 0 Å². The first-order valence-corrected chi connectivity index (χ1v) is 7.24. The smallest absolute Gasteiger partial charge is 0.314 e. The highest BCUT2D eigenvalue weighted by atomic mass is 35.5. The Bertz CT molecular complexity index is 491. The fourth-order valence-electron chi connectivity index (χ4n) is 2.41. The summed E-state index contributed by atoms with van der Waals surface area (Å²) in [4.78, 5) is 24.0. The van der Waals surface area contributed by atoms with Crippen molar-refractivity contribution >= 4 is 24.3 Å². The Morgan fingerprint density at radius 1 is 1.32 bits per heavy atom. The van der Waals surface area contributed by atoms with Gasteiger partial charge in [-0.1, -0.05) is 37.3 Å². The summed E-state index contributed by atoms with van der Waals surface area (Å²) in [6.07, 6.45) is 0. The predicted octanol–water partition coefficient (Wildman–Crippen LogP) is 1.34. The molecule has 2 atom stereocenters. The Morgan fingerprint density at radius 2 is 1.95 bits per heavy atom. The van der Waals surface area contributed by atoms with E-state index in [0.717, 1.165) is 18.7 Å². The minimum absolute atomic E-state index is 0. The molecule has 1 heterocycles. The highest BCUT2D eigenvalue weighted by Gasteiger charge is 2.30. The zero-order chi connectivity index (χ0) is 15.2. The van der Waals surface area contributed by atoms with Gasteiger partial charge in [0.2, 0.25) is 5.91 Å². The Labute approximate surface area is 137 Å². The first kappa shape index (κ1) is 18.5. The molecule has 1 aliphatic rings. The summed E-state index contributed by atoms with van der Waals surface area (Å²) in [5.41, 5.74) is 0.850. The third-order valence-electron chi connectivity index (χ3n) is 4.10. The van der Waals surface area contributed by atoms with Crippen molar-refractivity contribution in [2.75, 3.05) is 26.7 Å². The lowest BCUT2D eigenvalue weighted by molar-refractivity contribution is -0.142. The summed E-state index contributed by atoms with van der Waals surface area (Å²) in [5, 5.41) is 6.04. The minimum Gasteiger partial charge on any atom is -0.468 e. The summed E-state index contributed by atoms with van der Waals surface area (Å²) in [7, 11) is 1.36. The van der Waals surface area contributed by atoms with E-state index in [9.17, 15) is 9.59 Å². The lowest BCUT2D eigenvalue weighted by Crippen LogP contribution is -2.50. The van der Waals surface area contributed by atoms with Gasteiger partial charge in [-0.05, 0) is 24.6 Å². The first-order valence-electron chi connectivity index (χ1n) is 7.24. The molecule has 0 bridgehead atoms. The molecule has 0 radical (unpaired) electrons. The van der Waals surface area contributed by atoms with Gasteiger partial charge in [-0.25, -0.2) is 0 Å². The zero-order valence-corrected chi connectivity index (χ0v) is 13.7. The van der Waals surface area contributed by atoms with Gasteiger partial charge in [-0.3, -0.25) is 9.59 Å². The van der Waals surface area contributed by atoms with Crippen molar-refractivity contribution in [1.82, 2.24) is 10.6 Å². The second-order valence-electron chi connectivity index (χ2n) is 5.44. The van der Waals surface area contributed by atoms with E-state index in [1.165, 1.54) is 7.11 Å². The van der Waals surface area contributed by atoms with E-state index in [2.05, 4.69) is 10.6 Å².